The van der Waals surface area contributed by atoms with Crippen molar-refractivity contribution in [3.8, 4) is 16.8 Å². The molecule has 10 rings (SSSR count). The first-order valence-electron chi connectivity index (χ1n) is 17.2. The minimum Gasteiger partial charge on any atom is -0.308 e. The van der Waals surface area contributed by atoms with Gasteiger partial charge in [0.1, 0.15) is 0 Å². The lowest BCUT2D eigenvalue weighted by atomic mass is 9.94. The van der Waals surface area contributed by atoms with Crippen LogP contribution in [0.3, 0.4) is 0 Å². The van der Waals surface area contributed by atoms with Crippen LogP contribution in [0.15, 0.2) is 194 Å². The summed E-state index contributed by atoms with van der Waals surface area (Å²) in [7, 11) is 0. The van der Waals surface area contributed by atoms with Crippen LogP contribution in [0, 0.1) is 0 Å². The Hall–Kier alpha value is -6.64. The first-order chi connectivity index (χ1) is 24.8. The van der Waals surface area contributed by atoms with Gasteiger partial charge in [-0.25, -0.2) is 0 Å². The second kappa shape index (κ2) is 11.5. The summed E-state index contributed by atoms with van der Waals surface area (Å²) in [4.78, 5) is 2.44. The first kappa shape index (κ1) is 28.4. The monoisotopic (exact) mass is 636 g/mol. The second-order valence-electron chi connectivity index (χ2n) is 13.0. The van der Waals surface area contributed by atoms with E-state index in [9.17, 15) is 0 Å². The van der Waals surface area contributed by atoms with Crippen molar-refractivity contribution in [1.29, 1.82) is 0 Å². The van der Waals surface area contributed by atoms with Crippen LogP contribution in [-0.2, 0) is 0 Å². The highest BCUT2D eigenvalue weighted by Crippen LogP contribution is 2.45. The van der Waals surface area contributed by atoms with Crippen LogP contribution < -0.4 is 4.90 Å². The van der Waals surface area contributed by atoms with Crippen LogP contribution in [0.5, 0.6) is 0 Å². The Kier molecular flexibility index (Phi) is 6.53. The van der Waals surface area contributed by atoms with Gasteiger partial charge < -0.3 is 9.47 Å². The highest BCUT2D eigenvalue weighted by atomic mass is 15.2. The molecule has 9 aromatic carbocycles. The van der Waals surface area contributed by atoms with E-state index < -0.39 is 0 Å². The molecule has 0 spiro atoms. The zero-order chi connectivity index (χ0) is 33.0. The number of hydrogen-bond acceptors (Lipinski definition) is 1. The SMILES string of the molecule is c1ccc(-n2c3ccccc3c3cccc(N(c4cccc(-c5cccc6c5ccc5ccccc56)c4)c4ccc5ccccc5c4)c32)cc1. The Morgan fingerprint density at radius 1 is 0.360 bits per heavy atom. The molecule has 0 aliphatic carbocycles. The van der Waals surface area contributed by atoms with Crippen LogP contribution in [0.2, 0.25) is 0 Å². The molecular weight excluding hydrogens is 605 g/mol. The van der Waals surface area contributed by atoms with Crippen LogP contribution in [-0.4, -0.2) is 4.57 Å². The molecule has 2 nitrogen and oxygen atoms in total. The number of nitrogens with zero attached hydrogens (tertiary/aromatic N) is 2. The molecule has 234 valence electrons. The summed E-state index contributed by atoms with van der Waals surface area (Å²) in [5.74, 6) is 0. The zero-order valence-electron chi connectivity index (χ0n) is 27.4. The average molecular weight is 637 g/mol. The lowest BCUT2D eigenvalue weighted by Gasteiger charge is -2.28. The van der Waals surface area contributed by atoms with Gasteiger partial charge in [0.15, 0.2) is 0 Å². The third-order valence-corrected chi connectivity index (χ3v) is 10.1. The predicted octanol–water partition coefficient (Wildman–Crippen LogP) is 13.4. The number of benzene rings is 9. The van der Waals surface area contributed by atoms with Gasteiger partial charge in [-0.05, 0) is 92.0 Å². The summed E-state index contributed by atoms with van der Waals surface area (Å²) in [6.07, 6.45) is 0. The average Bonchev–Trinajstić information content (AvgIpc) is 3.53. The van der Waals surface area contributed by atoms with E-state index in [1.165, 1.54) is 65.3 Å². The summed E-state index contributed by atoms with van der Waals surface area (Å²) >= 11 is 0. The van der Waals surface area contributed by atoms with Crippen molar-refractivity contribution in [2.24, 2.45) is 0 Å². The number of anilines is 3. The number of aromatic nitrogens is 1. The lowest BCUT2D eigenvalue weighted by molar-refractivity contribution is 1.17. The van der Waals surface area contributed by atoms with E-state index in [-0.39, 0.29) is 0 Å². The van der Waals surface area contributed by atoms with Gasteiger partial charge in [-0.1, -0.05) is 146 Å². The Labute approximate surface area is 290 Å². The molecule has 0 N–H and O–H groups in total. The Bertz CT molecular complexity index is 2880. The molecule has 0 amide bonds. The van der Waals surface area contributed by atoms with Crippen LogP contribution in [0.4, 0.5) is 17.1 Å². The predicted molar refractivity (Wildman–Crippen MR) is 213 cm³/mol. The molecule has 0 radical (unpaired) electrons. The maximum absolute atomic E-state index is 2.44. The molecule has 2 heteroatoms. The maximum atomic E-state index is 2.44. The number of hydrogen-bond donors (Lipinski definition) is 0. The smallest absolute Gasteiger partial charge is 0.0782 e. The fourth-order valence-corrected chi connectivity index (χ4v) is 7.87. The molecule has 0 atom stereocenters. The summed E-state index contributed by atoms with van der Waals surface area (Å²) in [5, 5.41) is 9.97. The molecule has 0 saturated heterocycles. The van der Waals surface area contributed by atoms with Gasteiger partial charge in [0.2, 0.25) is 0 Å². The van der Waals surface area contributed by atoms with Gasteiger partial charge >= 0.3 is 0 Å². The van der Waals surface area contributed by atoms with E-state index in [2.05, 4.69) is 204 Å². The van der Waals surface area contributed by atoms with Gasteiger partial charge in [0, 0.05) is 27.8 Å². The number of para-hydroxylation sites is 3. The summed E-state index contributed by atoms with van der Waals surface area (Å²) < 4.78 is 2.42. The van der Waals surface area contributed by atoms with E-state index in [1.807, 2.05) is 0 Å². The maximum Gasteiger partial charge on any atom is 0.0782 e. The van der Waals surface area contributed by atoms with E-state index in [1.54, 1.807) is 0 Å². The highest BCUT2D eigenvalue weighted by molar-refractivity contribution is 6.15. The summed E-state index contributed by atoms with van der Waals surface area (Å²) in [6, 6.07) is 70.6. The third kappa shape index (κ3) is 4.50. The van der Waals surface area contributed by atoms with Crippen molar-refractivity contribution >= 4 is 71.2 Å². The summed E-state index contributed by atoms with van der Waals surface area (Å²) in [5.41, 5.74) is 9.26. The molecule has 10 aromatic rings. The quantitative estimate of drug-likeness (QED) is 0.171. The molecule has 50 heavy (non-hydrogen) atoms. The fourth-order valence-electron chi connectivity index (χ4n) is 7.87. The standard InChI is InChI=1S/C48H32N2/c1-2-17-37(18-3-1)50-46-25-9-8-21-44(46)45-24-12-26-47(48(45)50)49(39-29-27-33-13-4-5-15-35(33)31-39)38-19-10-16-36(32-38)41-22-11-23-42-40-20-7-6-14-34(40)28-30-43(41)42/h1-32H. The largest absolute Gasteiger partial charge is 0.308 e. The van der Waals surface area contributed by atoms with Crippen LogP contribution >= 0.6 is 0 Å². The molecule has 0 fully saturated rings. The van der Waals surface area contributed by atoms with Crippen molar-refractivity contribution in [3.05, 3.63) is 194 Å². The Morgan fingerprint density at radius 2 is 1.02 bits per heavy atom. The topological polar surface area (TPSA) is 8.17 Å². The molecule has 0 unspecified atom stereocenters. The zero-order valence-corrected chi connectivity index (χ0v) is 27.4. The van der Waals surface area contributed by atoms with Crippen LogP contribution in [0.25, 0.3) is 70.9 Å². The summed E-state index contributed by atoms with van der Waals surface area (Å²) in [6.45, 7) is 0. The molecule has 0 aliphatic rings. The Morgan fingerprint density at radius 3 is 1.92 bits per heavy atom. The molecular formula is C48H32N2. The van der Waals surface area contributed by atoms with Crippen molar-refractivity contribution in [2.45, 2.75) is 0 Å². The molecule has 1 aromatic heterocycles. The van der Waals surface area contributed by atoms with Gasteiger partial charge in [0.05, 0.1) is 16.7 Å². The van der Waals surface area contributed by atoms with Crippen molar-refractivity contribution < 1.29 is 0 Å². The molecule has 1 heterocycles. The molecule has 0 aliphatic heterocycles. The van der Waals surface area contributed by atoms with Crippen LogP contribution in [0.1, 0.15) is 0 Å². The van der Waals surface area contributed by atoms with Gasteiger partial charge in [-0.3, -0.25) is 0 Å². The van der Waals surface area contributed by atoms with Crippen molar-refractivity contribution in [1.82, 2.24) is 4.57 Å². The molecule has 0 bridgehead atoms. The highest BCUT2D eigenvalue weighted by Gasteiger charge is 2.22. The van der Waals surface area contributed by atoms with E-state index in [0.29, 0.717) is 0 Å². The first-order valence-corrected chi connectivity index (χ1v) is 17.2. The molecule has 0 saturated carbocycles. The minimum atomic E-state index is 1.10. The van der Waals surface area contributed by atoms with Crippen molar-refractivity contribution in [3.63, 3.8) is 0 Å². The number of fused-ring (bicyclic) bond motifs is 7. The lowest BCUT2D eigenvalue weighted by Crippen LogP contribution is -2.12. The normalized spacial score (nSPS) is 11.6. The van der Waals surface area contributed by atoms with Gasteiger partial charge in [-0.15, -0.1) is 0 Å². The van der Waals surface area contributed by atoms with Gasteiger partial charge in [0.25, 0.3) is 0 Å². The number of rotatable bonds is 5. The third-order valence-electron chi connectivity index (χ3n) is 10.1. The van der Waals surface area contributed by atoms with E-state index in [4.69, 9.17) is 0 Å². The van der Waals surface area contributed by atoms with Crippen molar-refractivity contribution in [2.75, 3.05) is 4.90 Å². The van der Waals surface area contributed by atoms with Gasteiger partial charge in [-0.2, -0.15) is 0 Å². The fraction of sp³-hybridized carbons (Fsp3) is 0. The minimum absolute atomic E-state index is 1.10. The van der Waals surface area contributed by atoms with E-state index in [0.717, 1.165) is 22.7 Å². The van der Waals surface area contributed by atoms with E-state index >= 15 is 0 Å². The Balaban J connectivity index is 1.26. The second-order valence-corrected chi connectivity index (χ2v) is 13.0.